The van der Waals surface area contributed by atoms with Crippen LogP contribution in [0.4, 0.5) is 28.7 Å². The van der Waals surface area contributed by atoms with Gasteiger partial charge >= 0.3 is 5.69 Å². The number of nitrogens with one attached hydrogen (secondary N) is 1. The Labute approximate surface area is 137 Å². The van der Waals surface area contributed by atoms with Gasteiger partial charge in [-0.25, -0.2) is 9.97 Å². The minimum atomic E-state index is -0.562. The first-order valence-corrected chi connectivity index (χ1v) is 7.23. The third-order valence-electron chi connectivity index (χ3n) is 3.37. The van der Waals surface area contributed by atoms with Crippen LogP contribution in [0.5, 0.6) is 0 Å². The molecule has 0 radical (unpaired) electrons. The van der Waals surface area contributed by atoms with Crippen molar-refractivity contribution in [3.8, 4) is 0 Å². The van der Waals surface area contributed by atoms with Crippen molar-refractivity contribution in [3.05, 3.63) is 50.8 Å². The highest BCUT2D eigenvalue weighted by atomic mass is 16.6. The van der Waals surface area contributed by atoms with Gasteiger partial charge in [-0.05, 0) is 19.9 Å². The zero-order valence-corrected chi connectivity index (χ0v) is 13.2. The normalized spacial score (nSPS) is 10.2. The van der Waals surface area contributed by atoms with Crippen molar-refractivity contribution in [1.29, 1.82) is 0 Å². The van der Waals surface area contributed by atoms with Crippen LogP contribution in [0.2, 0.25) is 0 Å². The Hall–Kier alpha value is -3.30. The van der Waals surface area contributed by atoms with Gasteiger partial charge in [0.25, 0.3) is 5.69 Å². The van der Waals surface area contributed by atoms with E-state index in [0.717, 1.165) is 0 Å². The van der Waals surface area contributed by atoms with Gasteiger partial charge in [0.1, 0.15) is 6.33 Å². The van der Waals surface area contributed by atoms with Gasteiger partial charge in [0.2, 0.25) is 11.6 Å². The molecule has 1 N–H and O–H groups in total. The van der Waals surface area contributed by atoms with Crippen molar-refractivity contribution < 1.29 is 9.85 Å². The molecular weight excluding hydrogens is 316 g/mol. The number of hydrogen-bond donors (Lipinski definition) is 1. The van der Waals surface area contributed by atoms with E-state index >= 15 is 0 Å². The zero-order chi connectivity index (χ0) is 17.7. The van der Waals surface area contributed by atoms with Gasteiger partial charge in [0.05, 0.1) is 9.85 Å². The summed E-state index contributed by atoms with van der Waals surface area (Å²) < 4.78 is 0. The Bertz CT molecular complexity index is 763. The summed E-state index contributed by atoms with van der Waals surface area (Å²) in [5.74, 6) is 0.185. The van der Waals surface area contributed by atoms with E-state index in [1.54, 1.807) is 11.0 Å². The molecule has 0 unspecified atom stereocenters. The summed E-state index contributed by atoms with van der Waals surface area (Å²) in [6, 6.07) is 5.67. The molecule has 0 aliphatic rings. The van der Waals surface area contributed by atoms with Crippen molar-refractivity contribution in [3.63, 3.8) is 0 Å². The fourth-order valence-electron chi connectivity index (χ4n) is 2.22. The van der Waals surface area contributed by atoms with Gasteiger partial charge < -0.3 is 10.2 Å². The number of benzene rings is 1. The van der Waals surface area contributed by atoms with Gasteiger partial charge in [-0.1, -0.05) is 6.07 Å². The lowest BCUT2D eigenvalue weighted by atomic mass is 10.2. The predicted molar refractivity (Wildman–Crippen MR) is 88.6 cm³/mol. The van der Waals surface area contributed by atoms with Crippen LogP contribution in [0.25, 0.3) is 0 Å². The molecule has 2 aromatic rings. The predicted octanol–water partition coefficient (Wildman–Crippen LogP) is 2.88. The van der Waals surface area contributed by atoms with E-state index in [1.807, 2.05) is 13.8 Å². The summed E-state index contributed by atoms with van der Waals surface area (Å²) in [5, 5.41) is 25.1. The van der Waals surface area contributed by atoms with Crippen LogP contribution in [0.15, 0.2) is 30.6 Å². The molecular formula is C14H16N6O4. The number of nitrogens with zero attached hydrogens (tertiary/aromatic N) is 5. The highest BCUT2D eigenvalue weighted by Crippen LogP contribution is 2.33. The van der Waals surface area contributed by atoms with Crippen LogP contribution in [0.3, 0.4) is 0 Å². The molecule has 24 heavy (non-hydrogen) atoms. The third-order valence-corrected chi connectivity index (χ3v) is 3.37. The maximum absolute atomic E-state index is 11.5. The highest BCUT2D eigenvalue weighted by molar-refractivity contribution is 5.74. The summed E-state index contributed by atoms with van der Waals surface area (Å²) in [7, 11) is 0. The molecule has 0 fully saturated rings. The van der Waals surface area contributed by atoms with Crippen LogP contribution in [0, 0.1) is 20.2 Å². The highest BCUT2D eigenvalue weighted by Gasteiger charge is 2.26. The lowest BCUT2D eigenvalue weighted by Gasteiger charge is -2.20. The number of anilines is 3. The topological polar surface area (TPSA) is 127 Å². The molecule has 0 atom stereocenters. The van der Waals surface area contributed by atoms with Gasteiger partial charge in [0.15, 0.2) is 0 Å². The molecule has 10 nitrogen and oxygen atoms in total. The summed E-state index contributed by atoms with van der Waals surface area (Å²) >= 11 is 0. The molecule has 1 aromatic carbocycles. The first kappa shape index (κ1) is 17.1. The maximum atomic E-state index is 11.5. The summed E-state index contributed by atoms with van der Waals surface area (Å²) in [6.07, 6.45) is 1.22. The largest absolute Gasteiger partial charge is 0.353 e. The molecule has 0 aliphatic heterocycles. The standard InChI is InChI=1S/C14H16N6O4/c1-3-18(4-2)14-12(20(23)24)13(15-9-16-14)17-10-6-5-7-11(8-10)19(21)22/h5-9H,3-4H2,1-2H3,(H,15,16,17). The fourth-order valence-corrected chi connectivity index (χ4v) is 2.22. The Balaban J connectivity index is 2.47. The number of non-ortho nitro benzene ring substituents is 1. The molecule has 10 heteroatoms. The maximum Gasteiger partial charge on any atom is 0.353 e. The Morgan fingerprint density at radius 3 is 2.42 bits per heavy atom. The molecule has 0 spiro atoms. The Kier molecular flexibility index (Phi) is 5.20. The van der Waals surface area contributed by atoms with Crippen LogP contribution in [0.1, 0.15) is 13.8 Å². The number of nitro benzene ring substituents is 1. The average Bonchev–Trinajstić information content (AvgIpc) is 2.56. The summed E-state index contributed by atoms with van der Waals surface area (Å²) in [5.41, 5.74) is -0.0649. The first-order valence-electron chi connectivity index (χ1n) is 7.23. The monoisotopic (exact) mass is 332 g/mol. The van der Waals surface area contributed by atoms with Gasteiger partial charge in [-0.15, -0.1) is 0 Å². The minimum Gasteiger partial charge on any atom is -0.351 e. The molecule has 2 rings (SSSR count). The Morgan fingerprint density at radius 2 is 1.83 bits per heavy atom. The number of aromatic nitrogens is 2. The molecule has 0 saturated heterocycles. The van der Waals surface area contributed by atoms with E-state index in [4.69, 9.17) is 0 Å². The number of rotatable bonds is 7. The van der Waals surface area contributed by atoms with Gasteiger partial charge in [0, 0.05) is 30.9 Å². The molecule has 0 aliphatic carbocycles. The second kappa shape index (κ2) is 7.31. The van der Waals surface area contributed by atoms with E-state index in [1.165, 1.54) is 24.5 Å². The average molecular weight is 332 g/mol. The van der Waals surface area contributed by atoms with Crippen molar-refractivity contribution in [2.45, 2.75) is 13.8 Å². The van der Waals surface area contributed by atoms with Crippen molar-refractivity contribution in [2.24, 2.45) is 0 Å². The van der Waals surface area contributed by atoms with Crippen molar-refractivity contribution >= 4 is 28.7 Å². The van der Waals surface area contributed by atoms with Crippen molar-refractivity contribution in [2.75, 3.05) is 23.3 Å². The molecule has 0 saturated carbocycles. The molecule has 1 heterocycles. The van der Waals surface area contributed by atoms with Gasteiger partial charge in [-0.2, -0.15) is 0 Å². The van der Waals surface area contributed by atoms with E-state index < -0.39 is 9.85 Å². The summed E-state index contributed by atoms with van der Waals surface area (Å²) in [6.45, 7) is 4.82. The van der Waals surface area contributed by atoms with Crippen LogP contribution in [-0.4, -0.2) is 32.9 Å². The second-order valence-electron chi connectivity index (χ2n) is 4.76. The SMILES string of the molecule is CCN(CC)c1ncnc(Nc2cccc([N+](=O)[O-])c2)c1[N+](=O)[O-]. The van der Waals surface area contributed by atoms with E-state index in [9.17, 15) is 20.2 Å². The zero-order valence-electron chi connectivity index (χ0n) is 13.2. The summed E-state index contributed by atoms with van der Waals surface area (Å²) in [4.78, 5) is 30.9. The fraction of sp³-hybridized carbons (Fsp3) is 0.286. The van der Waals surface area contributed by atoms with Crippen molar-refractivity contribution in [1.82, 2.24) is 9.97 Å². The molecule has 0 amide bonds. The lowest BCUT2D eigenvalue weighted by Crippen LogP contribution is -2.24. The minimum absolute atomic E-state index is 0.0163. The van der Waals surface area contributed by atoms with Crippen LogP contribution < -0.4 is 10.2 Å². The molecule has 126 valence electrons. The molecule has 1 aromatic heterocycles. The first-order chi connectivity index (χ1) is 11.5. The van der Waals surface area contributed by atoms with Gasteiger partial charge in [-0.3, -0.25) is 20.2 Å². The number of nitro groups is 2. The molecule has 0 bridgehead atoms. The smallest absolute Gasteiger partial charge is 0.351 e. The van der Waals surface area contributed by atoms with Crippen LogP contribution >= 0.6 is 0 Å². The third kappa shape index (κ3) is 3.54. The van der Waals surface area contributed by atoms with E-state index in [-0.39, 0.29) is 23.0 Å². The number of hydrogen-bond acceptors (Lipinski definition) is 8. The lowest BCUT2D eigenvalue weighted by molar-refractivity contribution is -0.384. The van der Waals surface area contributed by atoms with Crippen LogP contribution in [-0.2, 0) is 0 Å². The second-order valence-corrected chi connectivity index (χ2v) is 4.76. The quantitative estimate of drug-likeness (QED) is 0.605. The van der Waals surface area contributed by atoms with E-state index in [2.05, 4.69) is 15.3 Å². The van der Waals surface area contributed by atoms with E-state index in [0.29, 0.717) is 18.8 Å². The Morgan fingerprint density at radius 1 is 1.12 bits per heavy atom.